The molecule has 0 amide bonds. The summed E-state index contributed by atoms with van der Waals surface area (Å²) >= 11 is 0. The zero-order valence-corrected chi connectivity index (χ0v) is 8.09. The van der Waals surface area contributed by atoms with Gasteiger partial charge in [-0.2, -0.15) is 4.39 Å². The second-order valence-corrected chi connectivity index (χ2v) is 3.11. The van der Waals surface area contributed by atoms with Crippen LogP contribution in [0.15, 0.2) is 36.8 Å². The Morgan fingerprint density at radius 3 is 2.75 bits per heavy atom. The number of hydrogen-bond acceptors (Lipinski definition) is 3. The first kappa shape index (κ1) is 10.2. The van der Waals surface area contributed by atoms with E-state index in [2.05, 4.69) is 9.97 Å². The normalized spacial score (nSPS) is 10.1. The van der Waals surface area contributed by atoms with E-state index in [0.717, 1.165) is 0 Å². The lowest BCUT2D eigenvalue weighted by Crippen LogP contribution is -2.02. The van der Waals surface area contributed by atoms with E-state index >= 15 is 0 Å². The van der Waals surface area contributed by atoms with E-state index in [1.54, 1.807) is 24.5 Å². The molecular formula is C11H7FN2O2. The van der Waals surface area contributed by atoms with Crippen LogP contribution in [0.4, 0.5) is 4.39 Å². The number of rotatable bonds is 2. The van der Waals surface area contributed by atoms with E-state index in [9.17, 15) is 9.18 Å². The van der Waals surface area contributed by atoms with Gasteiger partial charge in [-0.3, -0.25) is 4.98 Å². The van der Waals surface area contributed by atoms with Gasteiger partial charge in [0.05, 0.1) is 0 Å². The molecule has 5 heteroatoms. The van der Waals surface area contributed by atoms with Gasteiger partial charge in [-0.05, 0) is 12.1 Å². The van der Waals surface area contributed by atoms with Crippen molar-refractivity contribution >= 4 is 5.97 Å². The first-order valence-electron chi connectivity index (χ1n) is 4.47. The number of carboxylic acid groups (broad SMARTS) is 1. The Balaban J connectivity index is 2.52. The molecule has 0 bridgehead atoms. The van der Waals surface area contributed by atoms with Crippen molar-refractivity contribution in [3.8, 4) is 11.1 Å². The van der Waals surface area contributed by atoms with Crippen LogP contribution in [0.2, 0.25) is 0 Å². The van der Waals surface area contributed by atoms with Gasteiger partial charge in [-0.25, -0.2) is 9.78 Å². The van der Waals surface area contributed by atoms with Crippen molar-refractivity contribution in [1.29, 1.82) is 0 Å². The number of hydrogen-bond donors (Lipinski definition) is 1. The van der Waals surface area contributed by atoms with Crippen LogP contribution >= 0.6 is 0 Å². The number of aromatic carboxylic acids is 1. The number of halogens is 1. The average molecular weight is 218 g/mol. The predicted molar refractivity (Wildman–Crippen MR) is 54.4 cm³/mol. The highest BCUT2D eigenvalue weighted by atomic mass is 19.1. The molecule has 0 saturated heterocycles. The maximum atomic E-state index is 13.0. The molecule has 0 aromatic carbocycles. The zero-order chi connectivity index (χ0) is 11.5. The van der Waals surface area contributed by atoms with Crippen molar-refractivity contribution in [3.63, 3.8) is 0 Å². The molecule has 80 valence electrons. The molecule has 2 aromatic heterocycles. The fourth-order valence-corrected chi connectivity index (χ4v) is 1.29. The molecule has 0 fully saturated rings. The van der Waals surface area contributed by atoms with E-state index < -0.39 is 17.5 Å². The topological polar surface area (TPSA) is 63.1 Å². The largest absolute Gasteiger partial charge is 0.478 e. The fourth-order valence-electron chi connectivity index (χ4n) is 1.29. The highest BCUT2D eigenvalue weighted by Gasteiger charge is 2.12. The Bertz CT molecular complexity index is 529. The summed E-state index contributed by atoms with van der Waals surface area (Å²) < 4.78 is 13.0. The highest BCUT2D eigenvalue weighted by Crippen LogP contribution is 2.19. The van der Waals surface area contributed by atoms with E-state index in [-0.39, 0.29) is 0 Å². The second-order valence-electron chi connectivity index (χ2n) is 3.11. The van der Waals surface area contributed by atoms with E-state index in [1.807, 2.05) is 0 Å². The molecule has 2 aromatic rings. The summed E-state index contributed by atoms with van der Waals surface area (Å²) in [7, 11) is 0. The van der Waals surface area contributed by atoms with Gasteiger partial charge in [0.25, 0.3) is 0 Å². The number of nitrogens with zero attached hydrogens (tertiary/aromatic N) is 2. The van der Waals surface area contributed by atoms with Crippen LogP contribution in [0.5, 0.6) is 0 Å². The molecule has 1 N–H and O–H groups in total. The molecule has 2 rings (SSSR count). The van der Waals surface area contributed by atoms with Crippen molar-refractivity contribution in [2.75, 3.05) is 0 Å². The molecule has 0 atom stereocenters. The molecule has 0 aliphatic rings. The smallest absolute Gasteiger partial charge is 0.340 e. The van der Waals surface area contributed by atoms with Gasteiger partial charge in [0.2, 0.25) is 5.95 Å². The fraction of sp³-hybridized carbons (Fsp3) is 0. The van der Waals surface area contributed by atoms with Crippen molar-refractivity contribution in [1.82, 2.24) is 9.97 Å². The molecule has 16 heavy (non-hydrogen) atoms. The predicted octanol–water partition coefficient (Wildman–Crippen LogP) is 1.98. The first-order valence-corrected chi connectivity index (χ1v) is 4.47. The lowest BCUT2D eigenvalue weighted by molar-refractivity contribution is 0.0691. The van der Waals surface area contributed by atoms with Crippen LogP contribution in [-0.2, 0) is 0 Å². The summed E-state index contributed by atoms with van der Waals surface area (Å²) in [5.74, 6) is -2.32. The molecule has 4 nitrogen and oxygen atoms in total. The quantitative estimate of drug-likeness (QED) is 0.783. The van der Waals surface area contributed by atoms with Crippen LogP contribution in [0.25, 0.3) is 11.1 Å². The van der Waals surface area contributed by atoms with E-state index in [4.69, 9.17) is 5.11 Å². The zero-order valence-electron chi connectivity index (χ0n) is 8.09. The summed E-state index contributed by atoms with van der Waals surface area (Å²) in [5.41, 5.74) is 0.769. The maximum absolute atomic E-state index is 13.0. The van der Waals surface area contributed by atoms with Crippen molar-refractivity contribution in [3.05, 3.63) is 48.3 Å². The Hall–Kier alpha value is -2.30. The summed E-state index contributed by atoms with van der Waals surface area (Å²) in [6.45, 7) is 0. The Kier molecular flexibility index (Phi) is 2.59. The molecule has 0 saturated carbocycles. The van der Waals surface area contributed by atoms with Crippen LogP contribution in [0, 0.1) is 5.95 Å². The average Bonchev–Trinajstić information content (AvgIpc) is 2.30. The van der Waals surface area contributed by atoms with Crippen molar-refractivity contribution in [2.24, 2.45) is 0 Å². The number of carbonyl (C=O) groups is 1. The molecule has 0 spiro atoms. The number of aromatic nitrogens is 2. The van der Waals surface area contributed by atoms with Gasteiger partial charge in [-0.15, -0.1) is 0 Å². The van der Waals surface area contributed by atoms with Crippen LogP contribution < -0.4 is 0 Å². The summed E-state index contributed by atoms with van der Waals surface area (Å²) in [6.07, 6.45) is 4.43. The lowest BCUT2D eigenvalue weighted by Gasteiger charge is -2.02. The molecule has 0 unspecified atom stereocenters. The lowest BCUT2D eigenvalue weighted by atomic mass is 10.1. The third-order valence-corrected chi connectivity index (χ3v) is 2.06. The summed E-state index contributed by atoms with van der Waals surface area (Å²) in [5, 5.41) is 8.74. The minimum atomic E-state index is -1.34. The molecule has 0 aliphatic heterocycles. The first-order chi connectivity index (χ1) is 7.68. The third kappa shape index (κ3) is 1.88. The van der Waals surface area contributed by atoms with Crippen LogP contribution in [0.1, 0.15) is 10.4 Å². The molecule has 0 aliphatic carbocycles. The number of pyridine rings is 2. The third-order valence-electron chi connectivity index (χ3n) is 2.06. The Morgan fingerprint density at radius 1 is 1.31 bits per heavy atom. The van der Waals surface area contributed by atoms with Crippen molar-refractivity contribution in [2.45, 2.75) is 0 Å². The summed E-state index contributed by atoms with van der Waals surface area (Å²) in [4.78, 5) is 18.0. The summed E-state index contributed by atoms with van der Waals surface area (Å²) in [6, 6.07) is 4.69. The van der Waals surface area contributed by atoms with Crippen LogP contribution in [-0.4, -0.2) is 21.0 Å². The maximum Gasteiger partial charge on any atom is 0.340 e. The van der Waals surface area contributed by atoms with Gasteiger partial charge >= 0.3 is 5.97 Å². The van der Waals surface area contributed by atoms with Gasteiger partial charge in [0.1, 0.15) is 5.56 Å². The standard InChI is InChI=1S/C11H7FN2O2/c12-10-9(11(15)16)4-8(6-14-10)7-2-1-3-13-5-7/h1-6H,(H,15,16). The van der Waals surface area contributed by atoms with Crippen LogP contribution in [0.3, 0.4) is 0 Å². The van der Waals surface area contributed by atoms with Gasteiger partial charge in [0.15, 0.2) is 0 Å². The minimum Gasteiger partial charge on any atom is -0.478 e. The monoisotopic (exact) mass is 218 g/mol. The Morgan fingerprint density at radius 2 is 2.12 bits per heavy atom. The Labute approximate surface area is 90.4 Å². The van der Waals surface area contributed by atoms with Gasteiger partial charge in [-0.1, -0.05) is 6.07 Å². The van der Waals surface area contributed by atoms with Crippen molar-refractivity contribution < 1.29 is 14.3 Å². The molecular weight excluding hydrogens is 211 g/mol. The molecule has 0 radical (unpaired) electrons. The van der Waals surface area contributed by atoms with E-state index in [1.165, 1.54) is 12.3 Å². The number of carboxylic acids is 1. The van der Waals surface area contributed by atoms with Gasteiger partial charge < -0.3 is 5.11 Å². The van der Waals surface area contributed by atoms with E-state index in [0.29, 0.717) is 11.1 Å². The second kappa shape index (κ2) is 4.06. The van der Waals surface area contributed by atoms with Gasteiger partial charge in [0, 0.05) is 29.7 Å². The SMILES string of the molecule is O=C(O)c1cc(-c2cccnc2)cnc1F. The highest BCUT2D eigenvalue weighted by molar-refractivity contribution is 5.89. The molecule has 2 heterocycles. The minimum absolute atomic E-state index is 0.443.